The Labute approximate surface area is 234 Å². The Kier molecular flexibility index (Phi) is 7.85. The van der Waals surface area contributed by atoms with Crippen molar-refractivity contribution in [1.82, 2.24) is 0 Å². The maximum atomic E-state index is 12.9. The van der Waals surface area contributed by atoms with E-state index in [-0.39, 0.29) is 30.0 Å². The number of aliphatic hydroxyl groups is 2. The van der Waals surface area contributed by atoms with E-state index in [1.165, 1.54) is 12.5 Å². The van der Waals surface area contributed by atoms with Crippen LogP contribution in [0.3, 0.4) is 0 Å². The standard InChI is InChI=1S/C25H38O13S2/c1-12-22(38-40(32,33)34)20(27)21(28)23(35-12)36-18-11-14-15-4-5-19(26)25(15,3)9-7-16(14)24(2)8-6-13(10-17(18)24)37-39(29,30)31/h7,12-15,17-18,20-23,27-28H,4-6,8-11H2,1-3H3,(H,29,30,31)(H,32,33,34). The molecule has 0 amide bonds. The number of ketones is 1. The van der Waals surface area contributed by atoms with E-state index in [1.807, 2.05) is 6.92 Å². The van der Waals surface area contributed by atoms with E-state index < -0.39 is 74.5 Å². The Balaban J connectivity index is 1.45. The molecule has 1 aliphatic heterocycles. The third kappa shape index (κ3) is 5.42. The fourth-order valence-corrected chi connectivity index (χ4v) is 9.33. The van der Waals surface area contributed by atoms with E-state index in [1.54, 1.807) is 0 Å². The van der Waals surface area contributed by atoms with Gasteiger partial charge in [-0.3, -0.25) is 13.9 Å². The van der Waals surface area contributed by atoms with E-state index in [2.05, 4.69) is 17.2 Å². The van der Waals surface area contributed by atoms with Gasteiger partial charge in [0, 0.05) is 11.8 Å². The van der Waals surface area contributed by atoms with Crippen LogP contribution in [0, 0.1) is 28.6 Å². The van der Waals surface area contributed by atoms with Crippen LogP contribution in [0.1, 0.15) is 65.7 Å². The van der Waals surface area contributed by atoms with Gasteiger partial charge in [0.2, 0.25) is 0 Å². The molecule has 5 aliphatic rings. The monoisotopic (exact) mass is 610 g/mol. The average Bonchev–Trinajstić information content (AvgIpc) is 3.14. The van der Waals surface area contributed by atoms with Crippen molar-refractivity contribution in [2.24, 2.45) is 28.6 Å². The van der Waals surface area contributed by atoms with Gasteiger partial charge in [0.25, 0.3) is 0 Å². The highest BCUT2D eigenvalue weighted by atomic mass is 32.3. The van der Waals surface area contributed by atoms with E-state index in [0.29, 0.717) is 32.1 Å². The van der Waals surface area contributed by atoms with E-state index in [4.69, 9.17) is 18.2 Å². The molecule has 228 valence electrons. The second kappa shape index (κ2) is 10.3. The summed E-state index contributed by atoms with van der Waals surface area (Å²) in [5.41, 5.74) is 0.263. The maximum Gasteiger partial charge on any atom is 0.397 e. The van der Waals surface area contributed by atoms with Gasteiger partial charge in [0.1, 0.15) is 24.1 Å². The molecule has 0 spiro atoms. The van der Waals surface area contributed by atoms with E-state index in [9.17, 15) is 36.4 Å². The molecular formula is C25H38O13S2. The van der Waals surface area contributed by atoms with E-state index >= 15 is 0 Å². The van der Waals surface area contributed by atoms with Crippen LogP contribution in [0.25, 0.3) is 0 Å². The Hall–Kier alpha value is -1.01. The summed E-state index contributed by atoms with van der Waals surface area (Å²) in [5, 5.41) is 21.5. The zero-order valence-corrected chi connectivity index (χ0v) is 24.2. The fraction of sp³-hybridized carbons (Fsp3) is 0.880. The number of Topliss-reactive ketones (excluding diaryl/α,β-unsaturated/α-hetero) is 1. The number of carbonyl (C=O) groups is 1. The molecule has 40 heavy (non-hydrogen) atoms. The van der Waals surface area contributed by atoms with Crippen molar-refractivity contribution in [3.05, 3.63) is 11.6 Å². The summed E-state index contributed by atoms with van der Waals surface area (Å²) in [4.78, 5) is 12.9. The summed E-state index contributed by atoms with van der Waals surface area (Å²) in [5.74, 6) is -0.0122. The van der Waals surface area contributed by atoms with Crippen molar-refractivity contribution >= 4 is 26.6 Å². The van der Waals surface area contributed by atoms with Gasteiger partial charge in [0.05, 0.1) is 18.3 Å². The lowest BCUT2D eigenvalue weighted by molar-refractivity contribution is -0.312. The van der Waals surface area contributed by atoms with Crippen molar-refractivity contribution in [3.8, 4) is 0 Å². The van der Waals surface area contributed by atoms with Gasteiger partial charge in [0.15, 0.2) is 6.29 Å². The van der Waals surface area contributed by atoms with Gasteiger partial charge in [-0.15, -0.1) is 0 Å². The SMILES string of the molecule is CC1OC(OC2CC3C(=CCC4(C)C(=O)CCC34)C3(C)CCC(OS(=O)(=O)O)CC23)C(O)C(O)C1OS(=O)(=O)O. The minimum Gasteiger partial charge on any atom is -0.387 e. The Morgan fingerprint density at radius 1 is 0.950 bits per heavy atom. The van der Waals surface area contributed by atoms with Crippen molar-refractivity contribution in [3.63, 3.8) is 0 Å². The number of fused-ring (bicyclic) bond motifs is 5. The van der Waals surface area contributed by atoms with Gasteiger partial charge in [-0.2, -0.15) is 16.8 Å². The number of aliphatic hydroxyl groups excluding tert-OH is 2. The minimum atomic E-state index is -4.94. The van der Waals surface area contributed by atoms with Crippen LogP contribution in [-0.2, 0) is 43.4 Å². The molecule has 12 atom stereocenters. The first-order valence-corrected chi connectivity index (χ1v) is 16.4. The quantitative estimate of drug-likeness (QED) is 0.248. The molecule has 0 radical (unpaired) electrons. The fourth-order valence-electron chi connectivity index (χ4n) is 8.26. The van der Waals surface area contributed by atoms with Crippen LogP contribution >= 0.6 is 0 Å². The lowest BCUT2D eigenvalue weighted by atomic mass is 9.48. The predicted molar refractivity (Wildman–Crippen MR) is 136 cm³/mol. The Morgan fingerprint density at radius 2 is 1.62 bits per heavy atom. The largest absolute Gasteiger partial charge is 0.397 e. The summed E-state index contributed by atoms with van der Waals surface area (Å²) in [7, 11) is -9.64. The molecule has 3 saturated carbocycles. The Bertz CT molecular complexity index is 1270. The van der Waals surface area contributed by atoms with Gasteiger partial charge in [-0.25, -0.2) is 8.37 Å². The molecule has 1 saturated heterocycles. The summed E-state index contributed by atoms with van der Waals surface area (Å²) < 4.78 is 85.5. The van der Waals surface area contributed by atoms with Crippen LogP contribution < -0.4 is 0 Å². The summed E-state index contributed by atoms with van der Waals surface area (Å²) >= 11 is 0. The third-order valence-electron chi connectivity index (χ3n) is 10.3. The molecule has 4 fully saturated rings. The number of allylic oxidation sites excluding steroid dienone is 2. The summed E-state index contributed by atoms with van der Waals surface area (Å²) in [6.07, 6.45) is -3.39. The minimum absolute atomic E-state index is 0.00538. The smallest absolute Gasteiger partial charge is 0.387 e. The number of hydrogen-bond donors (Lipinski definition) is 4. The molecule has 13 nitrogen and oxygen atoms in total. The first kappa shape index (κ1) is 30.4. The van der Waals surface area contributed by atoms with Crippen LogP contribution in [0.2, 0.25) is 0 Å². The second-order valence-electron chi connectivity index (χ2n) is 12.5. The average molecular weight is 611 g/mol. The molecule has 0 bridgehead atoms. The number of rotatable bonds is 6. The van der Waals surface area contributed by atoms with Crippen molar-refractivity contribution < 1.29 is 58.8 Å². The number of hydrogen-bond acceptors (Lipinski definition) is 11. The molecule has 15 heteroatoms. The molecule has 0 aromatic heterocycles. The first-order valence-electron chi connectivity index (χ1n) is 13.7. The molecule has 12 unspecified atom stereocenters. The molecule has 1 heterocycles. The zero-order valence-electron chi connectivity index (χ0n) is 22.6. The molecule has 0 aromatic rings. The van der Waals surface area contributed by atoms with E-state index in [0.717, 1.165) is 6.42 Å². The van der Waals surface area contributed by atoms with Crippen molar-refractivity contribution in [1.29, 1.82) is 0 Å². The normalized spacial score (nSPS) is 47.7. The van der Waals surface area contributed by atoms with Crippen LogP contribution in [-0.4, -0.2) is 84.9 Å². The molecule has 0 aromatic carbocycles. The predicted octanol–water partition coefficient (Wildman–Crippen LogP) is 1.36. The lowest BCUT2D eigenvalue weighted by Crippen LogP contribution is -2.61. The second-order valence-corrected chi connectivity index (χ2v) is 14.6. The highest BCUT2D eigenvalue weighted by Gasteiger charge is 2.60. The first-order chi connectivity index (χ1) is 18.4. The van der Waals surface area contributed by atoms with Crippen LogP contribution in [0.5, 0.6) is 0 Å². The summed E-state index contributed by atoms with van der Waals surface area (Å²) in [6.45, 7) is 5.49. The van der Waals surface area contributed by atoms with Gasteiger partial charge < -0.3 is 19.7 Å². The van der Waals surface area contributed by atoms with Crippen molar-refractivity contribution in [2.45, 2.75) is 109 Å². The molecular weight excluding hydrogens is 572 g/mol. The topological polar surface area (TPSA) is 203 Å². The highest BCUT2D eigenvalue weighted by Crippen LogP contribution is 2.64. The number of ether oxygens (including phenoxy) is 2. The lowest BCUT2D eigenvalue weighted by Gasteiger charge is -2.58. The number of carbonyl (C=O) groups excluding carboxylic acids is 1. The zero-order chi connectivity index (χ0) is 29.4. The third-order valence-corrected chi connectivity index (χ3v) is 11.2. The Morgan fingerprint density at radius 3 is 2.27 bits per heavy atom. The molecule has 4 aliphatic carbocycles. The van der Waals surface area contributed by atoms with Crippen molar-refractivity contribution in [2.75, 3.05) is 0 Å². The van der Waals surface area contributed by atoms with Crippen LogP contribution in [0.4, 0.5) is 0 Å². The highest BCUT2D eigenvalue weighted by molar-refractivity contribution is 7.81. The maximum absolute atomic E-state index is 12.9. The van der Waals surface area contributed by atoms with Gasteiger partial charge in [-0.1, -0.05) is 25.5 Å². The van der Waals surface area contributed by atoms with Gasteiger partial charge >= 0.3 is 20.8 Å². The van der Waals surface area contributed by atoms with Gasteiger partial charge in [-0.05, 0) is 68.6 Å². The molecule has 4 N–H and O–H groups in total. The molecule has 5 rings (SSSR count). The van der Waals surface area contributed by atoms with Crippen LogP contribution in [0.15, 0.2) is 11.6 Å². The summed E-state index contributed by atoms with van der Waals surface area (Å²) in [6, 6.07) is 0.